The number of hydrogen-bond donors (Lipinski definition) is 1. The summed E-state index contributed by atoms with van der Waals surface area (Å²) in [6, 6.07) is 4.28. The van der Waals surface area contributed by atoms with Gasteiger partial charge in [0.25, 0.3) is 5.69 Å². The molecule has 8 nitrogen and oxygen atoms in total. The van der Waals surface area contributed by atoms with Crippen molar-refractivity contribution in [2.24, 2.45) is 5.92 Å². The third-order valence-electron chi connectivity index (χ3n) is 4.95. The van der Waals surface area contributed by atoms with Crippen LogP contribution in [0.15, 0.2) is 18.2 Å². The van der Waals surface area contributed by atoms with Crippen molar-refractivity contribution in [1.82, 2.24) is 4.90 Å². The molecule has 1 aliphatic carbocycles. The number of nitro benzene ring substituents is 1. The summed E-state index contributed by atoms with van der Waals surface area (Å²) >= 11 is 0. The van der Waals surface area contributed by atoms with Crippen molar-refractivity contribution in [2.45, 2.75) is 38.1 Å². The zero-order chi connectivity index (χ0) is 18.0. The molecule has 1 N–H and O–H groups in total. The minimum Gasteiger partial charge on any atom is -0.494 e. The second-order valence-electron chi connectivity index (χ2n) is 6.52. The van der Waals surface area contributed by atoms with Crippen LogP contribution < -0.4 is 10.1 Å². The van der Waals surface area contributed by atoms with Gasteiger partial charge in [0.15, 0.2) is 0 Å². The maximum absolute atomic E-state index is 12.5. The SMILES string of the molecule is COc1cc([N+](=O)[O-])ccc1NC(=O)C1CC(=O)N(C2CCCC2)C1. The summed E-state index contributed by atoms with van der Waals surface area (Å²) in [6.45, 7) is 0.435. The number of ether oxygens (including phenoxy) is 1. The maximum atomic E-state index is 12.5. The van der Waals surface area contributed by atoms with Gasteiger partial charge in [0.2, 0.25) is 11.8 Å². The van der Waals surface area contributed by atoms with E-state index in [0.717, 1.165) is 25.7 Å². The molecule has 1 saturated carbocycles. The molecule has 1 heterocycles. The molecule has 0 spiro atoms. The first-order valence-electron chi connectivity index (χ1n) is 8.42. The molecule has 2 amide bonds. The number of amides is 2. The first-order chi connectivity index (χ1) is 12.0. The lowest BCUT2D eigenvalue weighted by molar-refractivity contribution is -0.384. The molecule has 1 saturated heterocycles. The van der Waals surface area contributed by atoms with Crippen molar-refractivity contribution >= 4 is 23.2 Å². The highest BCUT2D eigenvalue weighted by molar-refractivity contribution is 5.98. The molecule has 0 bridgehead atoms. The lowest BCUT2D eigenvalue weighted by Gasteiger charge is -2.23. The lowest BCUT2D eigenvalue weighted by atomic mass is 10.1. The highest BCUT2D eigenvalue weighted by Gasteiger charge is 2.38. The Morgan fingerprint density at radius 2 is 2.08 bits per heavy atom. The molecule has 0 radical (unpaired) electrons. The lowest BCUT2D eigenvalue weighted by Crippen LogP contribution is -2.35. The Kier molecular flexibility index (Phi) is 4.87. The maximum Gasteiger partial charge on any atom is 0.273 e. The second-order valence-corrected chi connectivity index (χ2v) is 6.52. The summed E-state index contributed by atoms with van der Waals surface area (Å²) in [5, 5.41) is 13.6. The molecule has 1 unspecified atom stereocenters. The number of nitrogens with zero attached hydrogens (tertiary/aromatic N) is 2. The Hall–Kier alpha value is -2.64. The molecule has 0 aromatic heterocycles. The number of hydrogen-bond acceptors (Lipinski definition) is 5. The van der Waals surface area contributed by atoms with Gasteiger partial charge in [0.1, 0.15) is 5.75 Å². The van der Waals surface area contributed by atoms with Crippen molar-refractivity contribution in [1.29, 1.82) is 0 Å². The van der Waals surface area contributed by atoms with Crippen LogP contribution in [0.25, 0.3) is 0 Å². The summed E-state index contributed by atoms with van der Waals surface area (Å²) in [5.41, 5.74) is 0.253. The average molecular weight is 347 g/mol. The number of nitro groups is 1. The van der Waals surface area contributed by atoms with Gasteiger partial charge in [-0.1, -0.05) is 12.8 Å². The van der Waals surface area contributed by atoms with Crippen molar-refractivity contribution in [3.05, 3.63) is 28.3 Å². The van der Waals surface area contributed by atoms with E-state index in [2.05, 4.69) is 5.32 Å². The normalized spacial score (nSPS) is 20.8. The van der Waals surface area contributed by atoms with Crippen molar-refractivity contribution < 1.29 is 19.2 Å². The predicted octanol–water partition coefficient (Wildman–Crippen LogP) is 2.33. The number of non-ortho nitro benzene ring substituents is 1. The molecule has 1 aromatic rings. The first kappa shape index (κ1) is 17.2. The van der Waals surface area contributed by atoms with E-state index >= 15 is 0 Å². The van der Waals surface area contributed by atoms with Crippen LogP contribution in [0.1, 0.15) is 32.1 Å². The molecule has 134 valence electrons. The number of benzene rings is 1. The van der Waals surface area contributed by atoms with Crippen LogP contribution in [0.4, 0.5) is 11.4 Å². The van der Waals surface area contributed by atoms with Gasteiger partial charge in [-0.05, 0) is 18.9 Å². The summed E-state index contributed by atoms with van der Waals surface area (Å²) in [6.07, 6.45) is 4.49. The van der Waals surface area contributed by atoms with Gasteiger partial charge in [-0.25, -0.2) is 0 Å². The van der Waals surface area contributed by atoms with E-state index in [0.29, 0.717) is 12.2 Å². The monoisotopic (exact) mass is 347 g/mol. The number of methoxy groups -OCH3 is 1. The Morgan fingerprint density at radius 1 is 1.36 bits per heavy atom. The molecule has 1 aromatic carbocycles. The third kappa shape index (κ3) is 3.57. The number of carbonyl (C=O) groups excluding carboxylic acids is 2. The van der Waals surface area contributed by atoms with Crippen LogP contribution in [0, 0.1) is 16.0 Å². The smallest absolute Gasteiger partial charge is 0.273 e. The number of carbonyl (C=O) groups is 2. The zero-order valence-corrected chi connectivity index (χ0v) is 14.1. The van der Waals surface area contributed by atoms with Crippen LogP contribution in [-0.2, 0) is 9.59 Å². The number of likely N-dealkylation sites (tertiary alicyclic amines) is 1. The van der Waals surface area contributed by atoms with Gasteiger partial charge in [-0.2, -0.15) is 0 Å². The van der Waals surface area contributed by atoms with Crippen molar-refractivity contribution in [3.8, 4) is 5.75 Å². The average Bonchev–Trinajstić information content (AvgIpc) is 3.24. The van der Waals surface area contributed by atoms with Gasteiger partial charge in [0, 0.05) is 25.1 Å². The summed E-state index contributed by atoms with van der Waals surface area (Å²) in [7, 11) is 1.38. The van der Waals surface area contributed by atoms with Gasteiger partial charge < -0.3 is 15.0 Å². The molecule has 8 heteroatoms. The van der Waals surface area contributed by atoms with Crippen molar-refractivity contribution in [2.75, 3.05) is 19.0 Å². The fraction of sp³-hybridized carbons (Fsp3) is 0.529. The molecule has 1 aliphatic heterocycles. The Balaban J connectivity index is 1.68. The van der Waals surface area contributed by atoms with E-state index in [1.807, 2.05) is 4.90 Å². The van der Waals surface area contributed by atoms with E-state index in [1.165, 1.54) is 25.3 Å². The zero-order valence-electron chi connectivity index (χ0n) is 14.1. The second kappa shape index (κ2) is 7.08. The van der Waals surface area contributed by atoms with Gasteiger partial charge in [-0.15, -0.1) is 0 Å². The minimum atomic E-state index is -0.525. The third-order valence-corrected chi connectivity index (χ3v) is 4.95. The van der Waals surface area contributed by atoms with E-state index in [9.17, 15) is 19.7 Å². The van der Waals surface area contributed by atoms with Crippen LogP contribution >= 0.6 is 0 Å². The summed E-state index contributed by atoms with van der Waals surface area (Å²) in [5.74, 6) is -0.420. The van der Waals surface area contributed by atoms with E-state index in [1.54, 1.807) is 0 Å². The number of nitrogens with one attached hydrogen (secondary N) is 1. The van der Waals surface area contributed by atoms with E-state index in [-0.39, 0.29) is 35.7 Å². The molecular weight excluding hydrogens is 326 g/mol. The van der Waals surface area contributed by atoms with Crippen LogP contribution in [0.5, 0.6) is 5.75 Å². The van der Waals surface area contributed by atoms with E-state index in [4.69, 9.17) is 4.74 Å². The first-order valence-corrected chi connectivity index (χ1v) is 8.42. The van der Waals surface area contributed by atoms with Gasteiger partial charge in [0.05, 0.1) is 29.7 Å². The fourth-order valence-electron chi connectivity index (χ4n) is 3.61. The van der Waals surface area contributed by atoms with Crippen LogP contribution in [-0.4, -0.2) is 41.3 Å². The van der Waals surface area contributed by atoms with Gasteiger partial charge in [-0.3, -0.25) is 19.7 Å². The summed E-state index contributed by atoms with van der Waals surface area (Å²) in [4.78, 5) is 36.9. The molecular formula is C17H21N3O5. The fourth-order valence-corrected chi connectivity index (χ4v) is 3.61. The Bertz CT molecular complexity index is 700. The van der Waals surface area contributed by atoms with Crippen molar-refractivity contribution in [3.63, 3.8) is 0 Å². The molecule has 2 fully saturated rings. The largest absolute Gasteiger partial charge is 0.494 e. The minimum absolute atomic E-state index is 0.0303. The quantitative estimate of drug-likeness (QED) is 0.650. The molecule has 3 rings (SSSR count). The topological polar surface area (TPSA) is 102 Å². The van der Waals surface area contributed by atoms with Gasteiger partial charge >= 0.3 is 0 Å². The highest BCUT2D eigenvalue weighted by atomic mass is 16.6. The Labute approximate surface area is 145 Å². The van der Waals surface area contributed by atoms with E-state index < -0.39 is 10.8 Å². The van der Waals surface area contributed by atoms with Crippen LogP contribution in [0.3, 0.4) is 0 Å². The molecule has 25 heavy (non-hydrogen) atoms. The predicted molar refractivity (Wildman–Crippen MR) is 90.4 cm³/mol. The number of rotatable bonds is 5. The van der Waals surface area contributed by atoms with Crippen LogP contribution in [0.2, 0.25) is 0 Å². The molecule has 1 atom stereocenters. The Morgan fingerprint density at radius 3 is 2.72 bits per heavy atom. The number of anilines is 1. The molecule has 2 aliphatic rings. The standard InChI is InChI=1S/C17H21N3O5/c1-25-15-9-13(20(23)24)6-7-14(15)18-17(22)11-8-16(21)19(10-11)12-4-2-3-5-12/h6-7,9,11-12H,2-5,8,10H2,1H3,(H,18,22). The highest BCUT2D eigenvalue weighted by Crippen LogP contribution is 2.32. The summed E-state index contributed by atoms with van der Waals surface area (Å²) < 4.78 is 5.13.